The van der Waals surface area contributed by atoms with Crippen molar-refractivity contribution in [3.8, 4) is 11.4 Å². The van der Waals surface area contributed by atoms with Gasteiger partial charge in [-0.15, -0.1) is 0 Å². The van der Waals surface area contributed by atoms with E-state index in [0.717, 1.165) is 17.1 Å². The number of para-hydroxylation sites is 1. The molecular formula is C28H27ClN4OS. The summed E-state index contributed by atoms with van der Waals surface area (Å²) >= 11 is 12.4. The molecule has 1 aliphatic heterocycles. The molecule has 0 unspecified atom stereocenters. The lowest BCUT2D eigenvalue weighted by Crippen LogP contribution is -2.29. The number of benzene rings is 2. The number of anilines is 1. The van der Waals surface area contributed by atoms with Gasteiger partial charge in [0.1, 0.15) is 5.75 Å². The second kappa shape index (κ2) is 9.36. The molecule has 2 aromatic carbocycles. The molecule has 5 rings (SSSR count). The highest BCUT2D eigenvalue weighted by molar-refractivity contribution is 7.80. The zero-order valence-corrected chi connectivity index (χ0v) is 21.7. The fraction of sp³-hybridized carbons (Fsp3) is 0.214. The molecule has 0 amide bonds. The van der Waals surface area contributed by atoms with E-state index in [4.69, 9.17) is 28.6 Å². The molecule has 4 aromatic rings. The van der Waals surface area contributed by atoms with Gasteiger partial charge < -0.3 is 19.5 Å². The van der Waals surface area contributed by atoms with Gasteiger partial charge in [0.05, 0.1) is 29.9 Å². The molecule has 178 valence electrons. The van der Waals surface area contributed by atoms with E-state index in [1.165, 1.54) is 22.5 Å². The molecule has 7 heteroatoms. The average Bonchev–Trinajstić information content (AvgIpc) is 3.35. The minimum Gasteiger partial charge on any atom is -0.495 e. The summed E-state index contributed by atoms with van der Waals surface area (Å²) in [4.78, 5) is 6.82. The quantitative estimate of drug-likeness (QED) is 0.310. The lowest BCUT2D eigenvalue weighted by molar-refractivity contribution is 0.415. The van der Waals surface area contributed by atoms with Crippen LogP contribution in [0.25, 0.3) is 5.69 Å². The summed E-state index contributed by atoms with van der Waals surface area (Å²) in [6, 6.07) is 22.2. The fourth-order valence-corrected chi connectivity index (χ4v) is 5.62. The number of pyridine rings is 1. The Morgan fingerprint density at radius 1 is 1.00 bits per heavy atom. The van der Waals surface area contributed by atoms with E-state index >= 15 is 0 Å². The number of nitrogens with one attached hydrogen (secondary N) is 1. The fourth-order valence-electron chi connectivity index (χ4n) is 5.03. The maximum Gasteiger partial charge on any atom is 0.174 e. The number of aromatic nitrogens is 2. The Morgan fingerprint density at radius 2 is 1.77 bits per heavy atom. The topological polar surface area (TPSA) is 42.3 Å². The third-order valence-electron chi connectivity index (χ3n) is 6.66. The number of aryl methyl sites for hydroxylation is 2. The number of hydrogen-bond donors (Lipinski definition) is 1. The largest absolute Gasteiger partial charge is 0.495 e. The Morgan fingerprint density at radius 3 is 2.46 bits per heavy atom. The van der Waals surface area contributed by atoms with Crippen molar-refractivity contribution in [3.05, 3.63) is 106 Å². The predicted molar refractivity (Wildman–Crippen MR) is 146 cm³/mol. The van der Waals surface area contributed by atoms with Crippen molar-refractivity contribution in [3.63, 3.8) is 0 Å². The highest BCUT2D eigenvalue weighted by atomic mass is 35.5. The molecule has 0 radical (unpaired) electrons. The highest BCUT2D eigenvalue weighted by Gasteiger charge is 2.42. The molecule has 1 saturated heterocycles. The van der Waals surface area contributed by atoms with Gasteiger partial charge in [-0.2, -0.15) is 0 Å². The van der Waals surface area contributed by atoms with Crippen molar-refractivity contribution in [2.45, 2.75) is 32.9 Å². The molecule has 35 heavy (non-hydrogen) atoms. The first kappa shape index (κ1) is 23.4. The van der Waals surface area contributed by atoms with Crippen LogP contribution in [0.4, 0.5) is 5.69 Å². The van der Waals surface area contributed by atoms with E-state index in [-0.39, 0.29) is 12.1 Å². The number of methoxy groups -OCH3 is 1. The zero-order valence-electron chi connectivity index (χ0n) is 20.1. The summed E-state index contributed by atoms with van der Waals surface area (Å²) in [7, 11) is 1.61. The summed E-state index contributed by atoms with van der Waals surface area (Å²) in [6.45, 7) is 6.46. The van der Waals surface area contributed by atoms with Gasteiger partial charge >= 0.3 is 0 Å². The molecule has 1 fully saturated rings. The molecule has 0 bridgehead atoms. The second-order valence-corrected chi connectivity index (χ2v) is 9.56. The van der Waals surface area contributed by atoms with E-state index in [1.54, 1.807) is 7.11 Å². The van der Waals surface area contributed by atoms with Crippen LogP contribution in [0.15, 0.2) is 72.9 Å². The van der Waals surface area contributed by atoms with Gasteiger partial charge in [-0.3, -0.25) is 4.98 Å². The van der Waals surface area contributed by atoms with Gasteiger partial charge in [0.25, 0.3) is 0 Å². The first-order valence-corrected chi connectivity index (χ1v) is 12.3. The molecule has 3 heterocycles. The molecule has 2 aromatic heterocycles. The Labute approximate surface area is 216 Å². The van der Waals surface area contributed by atoms with Gasteiger partial charge in [0.2, 0.25) is 0 Å². The van der Waals surface area contributed by atoms with Crippen LogP contribution in [0.2, 0.25) is 5.02 Å². The van der Waals surface area contributed by atoms with Gasteiger partial charge in [-0.25, -0.2) is 0 Å². The van der Waals surface area contributed by atoms with E-state index in [0.29, 0.717) is 15.9 Å². The van der Waals surface area contributed by atoms with Crippen molar-refractivity contribution < 1.29 is 4.74 Å². The molecule has 2 atom stereocenters. The molecule has 0 spiro atoms. The van der Waals surface area contributed by atoms with E-state index in [9.17, 15) is 0 Å². The van der Waals surface area contributed by atoms with Crippen LogP contribution < -0.4 is 15.0 Å². The first-order chi connectivity index (χ1) is 16.9. The van der Waals surface area contributed by atoms with E-state index in [1.807, 2.05) is 42.6 Å². The standard InChI is InChI=1S/C28H27ClN4OS/c1-17-9-5-6-11-24(17)32-18(2)15-21(19(32)3)27-26(23-10-7-8-14-30-23)31-28(35)33(27)20-12-13-25(34-4)22(29)16-20/h5-16,26-27H,1-4H3,(H,31,35)/t26-,27+/m0/s1. The van der Waals surface area contributed by atoms with Gasteiger partial charge in [-0.1, -0.05) is 35.9 Å². The van der Waals surface area contributed by atoms with Gasteiger partial charge in [0.15, 0.2) is 5.11 Å². The van der Waals surface area contributed by atoms with Crippen LogP contribution in [0.1, 0.15) is 40.3 Å². The first-order valence-electron chi connectivity index (χ1n) is 11.5. The summed E-state index contributed by atoms with van der Waals surface area (Å²) in [5, 5.41) is 4.71. The number of ether oxygens (including phenoxy) is 1. The second-order valence-electron chi connectivity index (χ2n) is 8.76. The van der Waals surface area contributed by atoms with Crippen molar-refractivity contribution in [2.24, 2.45) is 0 Å². The van der Waals surface area contributed by atoms with Crippen LogP contribution in [0.3, 0.4) is 0 Å². The van der Waals surface area contributed by atoms with Crippen LogP contribution in [-0.2, 0) is 0 Å². The smallest absolute Gasteiger partial charge is 0.174 e. The molecule has 0 aliphatic carbocycles. The summed E-state index contributed by atoms with van der Waals surface area (Å²) in [6.07, 6.45) is 1.82. The SMILES string of the molecule is COc1ccc(N2C(=S)N[C@@H](c3ccccn3)[C@H]2c2cc(C)n(-c3ccccc3C)c2C)cc1Cl. The monoisotopic (exact) mass is 502 g/mol. The van der Waals surface area contributed by atoms with Crippen LogP contribution in [-0.4, -0.2) is 21.8 Å². The van der Waals surface area contributed by atoms with Crippen molar-refractivity contribution in [1.82, 2.24) is 14.9 Å². The lowest BCUT2D eigenvalue weighted by Gasteiger charge is -2.28. The van der Waals surface area contributed by atoms with Crippen LogP contribution in [0, 0.1) is 20.8 Å². The number of thiocarbonyl (C=S) groups is 1. The maximum atomic E-state index is 6.53. The third-order valence-corrected chi connectivity index (χ3v) is 7.27. The molecule has 0 saturated carbocycles. The van der Waals surface area contributed by atoms with Gasteiger partial charge in [0, 0.05) is 29.0 Å². The highest BCUT2D eigenvalue weighted by Crippen LogP contribution is 2.45. The van der Waals surface area contributed by atoms with Crippen LogP contribution in [0.5, 0.6) is 5.75 Å². The molecule has 1 aliphatic rings. The Balaban J connectivity index is 1.69. The van der Waals surface area contributed by atoms with E-state index < -0.39 is 0 Å². The van der Waals surface area contributed by atoms with Gasteiger partial charge in [-0.05, 0) is 86.6 Å². The summed E-state index contributed by atoms with van der Waals surface area (Å²) < 4.78 is 7.70. The average molecular weight is 503 g/mol. The van der Waals surface area contributed by atoms with Crippen molar-refractivity contribution in [1.29, 1.82) is 0 Å². The zero-order chi connectivity index (χ0) is 24.7. The normalized spacial score (nSPS) is 17.5. The van der Waals surface area contributed by atoms with Crippen molar-refractivity contribution >= 4 is 34.6 Å². The van der Waals surface area contributed by atoms with Crippen molar-refractivity contribution in [2.75, 3.05) is 12.0 Å². The number of nitrogens with zero attached hydrogens (tertiary/aromatic N) is 3. The third kappa shape index (κ3) is 4.07. The number of rotatable bonds is 5. The number of hydrogen-bond acceptors (Lipinski definition) is 3. The summed E-state index contributed by atoms with van der Waals surface area (Å²) in [5.41, 5.74) is 7.74. The van der Waals surface area contributed by atoms with E-state index in [2.05, 4.69) is 70.9 Å². The Kier molecular flexibility index (Phi) is 6.26. The molecule has 5 nitrogen and oxygen atoms in total. The maximum absolute atomic E-state index is 6.53. The molecular weight excluding hydrogens is 476 g/mol. The molecule has 1 N–H and O–H groups in total. The minimum absolute atomic E-state index is 0.120. The van der Waals surface area contributed by atoms with Crippen LogP contribution >= 0.6 is 23.8 Å². The number of halogens is 1. The summed E-state index contributed by atoms with van der Waals surface area (Å²) in [5.74, 6) is 0.629. The Hall–Kier alpha value is -3.35. The minimum atomic E-state index is -0.129. The lowest BCUT2D eigenvalue weighted by atomic mass is 9.96. The predicted octanol–water partition coefficient (Wildman–Crippen LogP) is 6.64. The Bertz CT molecular complexity index is 1400.